The molecule has 0 radical (unpaired) electrons. The Bertz CT molecular complexity index is 360. The Labute approximate surface area is 99.8 Å². The van der Waals surface area contributed by atoms with Gasteiger partial charge in [-0.3, -0.25) is 0 Å². The van der Waals surface area contributed by atoms with Crippen LogP contribution in [0.3, 0.4) is 0 Å². The third-order valence-electron chi connectivity index (χ3n) is 3.16. The molecular formula is C13H18F3N. The van der Waals surface area contributed by atoms with Crippen LogP contribution in [-0.4, -0.2) is 6.54 Å². The van der Waals surface area contributed by atoms with Gasteiger partial charge in [0, 0.05) is 0 Å². The Morgan fingerprint density at radius 1 is 1.18 bits per heavy atom. The summed E-state index contributed by atoms with van der Waals surface area (Å²) < 4.78 is 37.5. The topological polar surface area (TPSA) is 26.0 Å². The van der Waals surface area contributed by atoms with Crippen molar-refractivity contribution in [3.63, 3.8) is 0 Å². The van der Waals surface area contributed by atoms with Crippen molar-refractivity contribution < 1.29 is 13.2 Å². The zero-order valence-corrected chi connectivity index (χ0v) is 10.1. The lowest BCUT2D eigenvalue weighted by atomic mass is 9.89. The quantitative estimate of drug-likeness (QED) is 0.863. The highest BCUT2D eigenvalue weighted by Gasteiger charge is 2.30. The van der Waals surface area contributed by atoms with E-state index in [1.165, 1.54) is 12.1 Å². The SMILES string of the molecule is CC(CN)C(C)Cc1cccc(C(F)(F)F)c1. The molecule has 0 saturated carbocycles. The van der Waals surface area contributed by atoms with Crippen molar-refractivity contribution in [2.45, 2.75) is 26.4 Å². The highest BCUT2D eigenvalue weighted by molar-refractivity contribution is 5.26. The molecule has 0 aliphatic rings. The van der Waals surface area contributed by atoms with Gasteiger partial charge in [-0.1, -0.05) is 32.0 Å². The van der Waals surface area contributed by atoms with Gasteiger partial charge in [-0.05, 0) is 36.4 Å². The molecule has 0 amide bonds. The molecule has 0 aliphatic carbocycles. The Morgan fingerprint density at radius 2 is 1.82 bits per heavy atom. The Kier molecular flexibility index (Phi) is 4.57. The van der Waals surface area contributed by atoms with E-state index in [9.17, 15) is 13.2 Å². The van der Waals surface area contributed by atoms with E-state index in [0.717, 1.165) is 6.07 Å². The molecule has 1 aromatic carbocycles. The molecule has 0 saturated heterocycles. The van der Waals surface area contributed by atoms with E-state index in [1.54, 1.807) is 6.07 Å². The van der Waals surface area contributed by atoms with Crippen LogP contribution in [0.5, 0.6) is 0 Å². The molecule has 0 bridgehead atoms. The van der Waals surface area contributed by atoms with Crippen molar-refractivity contribution in [1.29, 1.82) is 0 Å². The molecule has 0 fully saturated rings. The molecule has 0 aliphatic heterocycles. The van der Waals surface area contributed by atoms with Gasteiger partial charge in [-0.25, -0.2) is 0 Å². The van der Waals surface area contributed by atoms with Crippen LogP contribution in [0.25, 0.3) is 0 Å². The molecule has 0 aromatic heterocycles. The molecule has 4 heteroatoms. The van der Waals surface area contributed by atoms with E-state index >= 15 is 0 Å². The lowest BCUT2D eigenvalue weighted by Crippen LogP contribution is -2.20. The molecule has 2 atom stereocenters. The van der Waals surface area contributed by atoms with E-state index in [1.807, 2.05) is 13.8 Å². The lowest BCUT2D eigenvalue weighted by molar-refractivity contribution is -0.137. The Balaban J connectivity index is 2.79. The largest absolute Gasteiger partial charge is 0.416 e. The summed E-state index contributed by atoms with van der Waals surface area (Å²) in [6.45, 7) is 4.58. The number of hydrogen-bond donors (Lipinski definition) is 1. The molecule has 2 unspecified atom stereocenters. The molecule has 0 spiro atoms. The van der Waals surface area contributed by atoms with Gasteiger partial charge in [0.15, 0.2) is 0 Å². The number of alkyl halides is 3. The second-order valence-corrected chi connectivity index (χ2v) is 4.59. The monoisotopic (exact) mass is 245 g/mol. The number of benzene rings is 1. The van der Waals surface area contributed by atoms with Crippen LogP contribution in [0.15, 0.2) is 24.3 Å². The first-order valence-electron chi connectivity index (χ1n) is 5.70. The number of halogens is 3. The highest BCUT2D eigenvalue weighted by Crippen LogP contribution is 2.30. The lowest BCUT2D eigenvalue weighted by Gasteiger charge is -2.18. The minimum absolute atomic E-state index is 0.281. The minimum Gasteiger partial charge on any atom is -0.330 e. The average molecular weight is 245 g/mol. The van der Waals surface area contributed by atoms with Crippen molar-refractivity contribution in [2.75, 3.05) is 6.54 Å². The first-order valence-corrected chi connectivity index (χ1v) is 5.70. The summed E-state index contributed by atoms with van der Waals surface area (Å²) in [6, 6.07) is 5.51. The third-order valence-corrected chi connectivity index (χ3v) is 3.16. The van der Waals surface area contributed by atoms with E-state index in [0.29, 0.717) is 24.4 Å². The van der Waals surface area contributed by atoms with E-state index in [-0.39, 0.29) is 5.92 Å². The van der Waals surface area contributed by atoms with E-state index in [4.69, 9.17) is 5.73 Å². The predicted molar refractivity (Wildman–Crippen MR) is 62.5 cm³/mol. The second-order valence-electron chi connectivity index (χ2n) is 4.59. The first-order chi connectivity index (χ1) is 7.84. The summed E-state index contributed by atoms with van der Waals surface area (Å²) in [5, 5.41) is 0. The molecule has 96 valence electrons. The maximum Gasteiger partial charge on any atom is 0.416 e. The zero-order valence-electron chi connectivity index (χ0n) is 10.1. The maximum atomic E-state index is 12.5. The molecular weight excluding hydrogens is 227 g/mol. The summed E-state index contributed by atoms with van der Waals surface area (Å²) in [4.78, 5) is 0. The predicted octanol–water partition coefficient (Wildman–Crippen LogP) is 3.48. The molecule has 1 nitrogen and oxygen atoms in total. The summed E-state index contributed by atoms with van der Waals surface area (Å²) in [5.41, 5.74) is 5.68. The highest BCUT2D eigenvalue weighted by atomic mass is 19.4. The fourth-order valence-corrected chi connectivity index (χ4v) is 1.68. The first kappa shape index (κ1) is 14.0. The minimum atomic E-state index is -4.27. The van der Waals surface area contributed by atoms with Gasteiger partial charge in [-0.2, -0.15) is 13.2 Å². The molecule has 1 aromatic rings. The number of rotatable bonds is 4. The summed E-state index contributed by atoms with van der Waals surface area (Å²) >= 11 is 0. The molecule has 0 heterocycles. The zero-order chi connectivity index (χ0) is 13.1. The maximum absolute atomic E-state index is 12.5. The van der Waals surface area contributed by atoms with Crippen LogP contribution in [0.1, 0.15) is 25.0 Å². The smallest absolute Gasteiger partial charge is 0.330 e. The van der Waals surface area contributed by atoms with Crippen molar-refractivity contribution in [2.24, 2.45) is 17.6 Å². The van der Waals surface area contributed by atoms with E-state index in [2.05, 4.69) is 0 Å². The van der Waals surface area contributed by atoms with Gasteiger partial charge in [0.2, 0.25) is 0 Å². The van der Waals surface area contributed by atoms with Crippen LogP contribution >= 0.6 is 0 Å². The van der Waals surface area contributed by atoms with Gasteiger partial charge >= 0.3 is 6.18 Å². The van der Waals surface area contributed by atoms with Crippen LogP contribution in [-0.2, 0) is 12.6 Å². The normalized spacial score (nSPS) is 15.6. The van der Waals surface area contributed by atoms with Crippen LogP contribution < -0.4 is 5.73 Å². The van der Waals surface area contributed by atoms with E-state index < -0.39 is 11.7 Å². The fourth-order valence-electron chi connectivity index (χ4n) is 1.68. The standard InChI is InChI=1S/C13H18F3N/c1-9(10(2)8-17)6-11-4-3-5-12(7-11)13(14,15)16/h3-5,7,9-10H,6,8,17H2,1-2H3. The van der Waals surface area contributed by atoms with Gasteiger partial charge in [0.05, 0.1) is 5.56 Å². The van der Waals surface area contributed by atoms with Crippen molar-refractivity contribution in [3.8, 4) is 0 Å². The fraction of sp³-hybridized carbons (Fsp3) is 0.538. The number of nitrogens with two attached hydrogens (primary N) is 1. The van der Waals surface area contributed by atoms with Gasteiger partial charge < -0.3 is 5.73 Å². The summed E-state index contributed by atoms with van der Waals surface area (Å²) in [7, 11) is 0. The second kappa shape index (κ2) is 5.54. The Morgan fingerprint density at radius 3 is 2.35 bits per heavy atom. The third kappa shape index (κ3) is 4.04. The van der Waals surface area contributed by atoms with Crippen LogP contribution in [0.2, 0.25) is 0 Å². The van der Waals surface area contributed by atoms with Crippen LogP contribution in [0.4, 0.5) is 13.2 Å². The summed E-state index contributed by atoms with van der Waals surface area (Å²) in [5.74, 6) is 0.591. The molecule has 17 heavy (non-hydrogen) atoms. The summed E-state index contributed by atoms with van der Waals surface area (Å²) in [6.07, 6.45) is -3.64. The molecule has 1 rings (SSSR count). The van der Waals surface area contributed by atoms with Crippen molar-refractivity contribution in [3.05, 3.63) is 35.4 Å². The average Bonchev–Trinajstić information content (AvgIpc) is 2.27. The number of hydrogen-bond acceptors (Lipinski definition) is 1. The van der Waals surface area contributed by atoms with Gasteiger partial charge in [-0.15, -0.1) is 0 Å². The Hall–Kier alpha value is -1.03. The van der Waals surface area contributed by atoms with Crippen molar-refractivity contribution >= 4 is 0 Å². The van der Waals surface area contributed by atoms with Gasteiger partial charge in [0.1, 0.15) is 0 Å². The van der Waals surface area contributed by atoms with Crippen LogP contribution in [0, 0.1) is 11.8 Å². The van der Waals surface area contributed by atoms with Gasteiger partial charge in [0.25, 0.3) is 0 Å². The molecule has 2 N–H and O–H groups in total. The van der Waals surface area contributed by atoms with Crippen molar-refractivity contribution in [1.82, 2.24) is 0 Å².